The lowest BCUT2D eigenvalue weighted by molar-refractivity contribution is 0.0163. The maximum absolute atomic E-state index is 5.99. The highest BCUT2D eigenvalue weighted by atomic mass is 32.1. The zero-order valence-electron chi connectivity index (χ0n) is 15.2. The maximum atomic E-state index is 5.99. The molecule has 5 heteroatoms. The van der Waals surface area contributed by atoms with E-state index in [-0.39, 0.29) is 0 Å². The molecule has 0 aromatic carbocycles. The summed E-state index contributed by atoms with van der Waals surface area (Å²) in [5.41, 5.74) is 3.63. The van der Waals surface area contributed by atoms with Gasteiger partial charge in [0.05, 0.1) is 17.8 Å². The minimum atomic E-state index is 0.437. The summed E-state index contributed by atoms with van der Waals surface area (Å²) in [6, 6.07) is 0.638. The Labute approximate surface area is 150 Å². The topological polar surface area (TPSA) is 28.6 Å². The molecule has 0 radical (unpaired) electrons. The Hall–Kier alpha value is -0.490. The van der Waals surface area contributed by atoms with Crippen LogP contribution in [0.25, 0.3) is 0 Å². The number of piperidine rings is 1. The second kappa shape index (κ2) is 7.02. The first-order valence-electron chi connectivity index (χ1n) is 9.58. The van der Waals surface area contributed by atoms with E-state index in [1.165, 1.54) is 62.2 Å². The average molecular weight is 350 g/mol. The summed E-state index contributed by atoms with van der Waals surface area (Å²) in [6.45, 7) is 7.60. The second-order valence-electron chi connectivity index (χ2n) is 8.15. The molecule has 1 saturated carbocycles. The Morgan fingerprint density at radius 3 is 2.67 bits per heavy atom. The third-order valence-electron chi connectivity index (χ3n) is 6.60. The standard InChI is InChI=1S/C19H31N3OS/c1-15-18(24-14-20-15)11-22-9-7-19(8-10-22)6-5-17(21(19)2)13-23-12-16-3-4-16/h14,16-17H,3-13H2,1-2H3/t17-/m1/s1. The van der Waals surface area contributed by atoms with Crippen LogP contribution in [0.4, 0.5) is 0 Å². The molecule has 4 rings (SSSR count). The summed E-state index contributed by atoms with van der Waals surface area (Å²) in [4.78, 5) is 11.1. The second-order valence-corrected chi connectivity index (χ2v) is 9.08. The molecule has 3 aliphatic rings. The zero-order valence-corrected chi connectivity index (χ0v) is 16.0. The number of aryl methyl sites for hydroxylation is 1. The summed E-state index contributed by atoms with van der Waals surface area (Å²) in [6.07, 6.45) is 8.06. The molecule has 1 spiro atoms. The lowest BCUT2D eigenvalue weighted by Gasteiger charge is -2.45. The highest BCUT2D eigenvalue weighted by Crippen LogP contribution is 2.41. The Balaban J connectivity index is 1.27. The van der Waals surface area contributed by atoms with Gasteiger partial charge in [-0.2, -0.15) is 0 Å². The third kappa shape index (κ3) is 3.55. The van der Waals surface area contributed by atoms with Gasteiger partial charge in [-0.25, -0.2) is 4.98 Å². The van der Waals surface area contributed by atoms with Crippen molar-refractivity contribution >= 4 is 11.3 Å². The van der Waals surface area contributed by atoms with Crippen LogP contribution in [0.15, 0.2) is 5.51 Å². The van der Waals surface area contributed by atoms with Gasteiger partial charge in [0.25, 0.3) is 0 Å². The number of thiazole rings is 1. The van der Waals surface area contributed by atoms with Gasteiger partial charge in [-0.15, -0.1) is 11.3 Å². The number of hydrogen-bond donors (Lipinski definition) is 0. The van der Waals surface area contributed by atoms with Gasteiger partial charge in [-0.3, -0.25) is 9.80 Å². The van der Waals surface area contributed by atoms with Crippen molar-refractivity contribution in [2.24, 2.45) is 5.92 Å². The molecule has 1 aliphatic carbocycles. The molecule has 0 unspecified atom stereocenters. The molecule has 3 fully saturated rings. The number of likely N-dealkylation sites (tertiary alicyclic amines) is 2. The normalized spacial score (nSPS) is 28.0. The van der Waals surface area contributed by atoms with E-state index in [4.69, 9.17) is 4.74 Å². The van der Waals surface area contributed by atoms with Crippen molar-refractivity contribution in [3.63, 3.8) is 0 Å². The van der Waals surface area contributed by atoms with Crippen molar-refractivity contribution < 1.29 is 4.74 Å². The number of hydrogen-bond acceptors (Lipinski definition) is 5. The van der Waals surface area contributed by atoms with Crippen molar-refractivity contribution in [2.75, 3.05) is 33.4 Å². The van der Waals surface area contributed by atoms with E-state index in [1.54, 1.807) is 11.3 Å². The molecule has 2 aliphatic heterocycles. The van der Waals surface area contributed by atoms with Crippen molar-refractivity contribution in [3.8, 4) is 0 Å². The predicted molar refractivity (Wildman–Crippen MR) is 98.4 cm³/mol. The smallest absolute Gasteiger partial charge is 0.0798 e. The third-order valence-corrected chi connectivity index (χ3v) is 7.52. The first-order valence-corrected chi connectivity index (χ1v) is 10.5. The molecule has 1 aromatic heterocycles. The molecule has 3 heterocycles. The van der Waals surface area contributed by atoms with E-state index in [0.717, 1.165) is 25.7 Å². The van der Waals surface area contributed by atoms with E-state index in [2.05, 4.69) is 28.8 Å². The van der Waals surface area contributed by atoms with Crippen LogP contribution >= 0.6 is 11.3 Å². The molecular formula is C19H31N3OS. The lowest BCUT2D eigenvalue weighted by atomic mass is 9.85. The number of aromatic nitrogens is 1. The van der Waals surface area contributed by atoms with Gasteiger partial charge in [0, 0.05) is 42.7 Å². The van der Waals surface area contributed by atoms with Gasteiger partial charge in [0.15, 0.2) is 0 Å². The number of nitrogens with zero attached hydrogens (tertiary/aromatic N) is 3. The van der Waals surface area contributed by atoms with Crippen LogP contribution in [0.3, 0.4) is 0 Å². The van der Waals surface area contributed by atoms with E-state index >= 15 is 0 Å². The van der Waals surface area contributed by atoms with Crippen LogP contribution in [0, 0.1) is 12.8 Å². The summed E-state index contributed by atoms with van der Waals surface area (Å²) >= 11 is 1.80. The molecule has 1 aromatic rings. The lowest BCUT2D eigenvalue weighted by Crippen LogP contribution is -2.52. The predicted octanol–water partition coefficient (Wildman–Crippen LogP) is 3.31. The van der Waals surface area contributed by atoms with E-state index in [0.29, 0.717) is 11.6 Å². The minimum absolute atomic E-state index is 0.437. The molecule has 134 valence electrons. The molecule has 1 atom stereocenters. The molecule has 0 amide bonds. The van der Waals surface area contributed by atoms with E-state index in [9.17, 15) is 0 Å². The first kappa shape index (κ1) is 17.0. The summed E-state index contributed by atoms with van der Waals surface area (Å²) in [7, 11) is 2.35. The Morgan fingerprint density at radius 1 is 1.21 bits per heavy atom. The van der Waals surface area contributed by atoms with Gasteiger partial charge >= 0.3 is 0 Å². The molecule has 0 bridgehead atoms. The molecule has 4 nitrogen and oxygen atoms in total. The summed E-state index contributed by atoms with van der Waals surface area (Å²) < 4.78 is 5.99. The molecular weight excluding hydrogens is 318 g/mol. The van der Waals surface area contributed by atoms with Crippen LogP contribution in [0.2, 0.25) is 0 Å². The van der Waals surface area contributed by atoms with E-state index in [1.807, 2.05) is 5.51 Å². The maximum Gasteiger partial charge on any atom is 0.0798 e. The van der Waals surface area contributed by atoms with Crippen LogP contribution in [0.1, 0.15) is 49.1 Å². The first-order chi connectivity index (χ1) is 11.7. The highest BCUT2D eigenvalue weighted by Gasteiger charge is 2.45. The van der Waals surface area contributed by atoms with Crippen LogP contribution in [-0.4, -0.2) is 59.7 Å². The van der Waals surface area contributed by atoms with E-state index < -0.39 is 0 Å². The van der Waals surface area contributed by atoms with Crippen LogP contribution < -0.4 is 0 Å². The summed E-state index contributed by atoms with van der Waals surface area (Å²) in [5.74, 6) is 0.879. The van der Waals surface area contributed by atoms with Gasteiger partial charge in [-0.1, -0.05) is 0 Å². The van der Waals surface area contributed by atoms with Crippen LogP contribution in [-0.2, 0) is 11.3 Å². The average Bonchev–Trinajstić information content (AvgIpc) is 3.26. The highest BCUT2D eigenvalue weighted by molar-refractivity contribution is 7.09. The number of likely N-dealkylation sites (N-methyl/N-ethyl adjacent to an activating group) is 1. The monoisotopic (exact) mass is 349 g/mol. The fraction of sp³-hybridized carbons (Fsp3) is 0.842. The molecule has 0 N–H and O–H groups in total. The Kier molecular flexibility index (Phi) is 4.96. The van der Waals surface area contributed by atoms with Crippen molar-refractivity contribution in [3.05, 3.63) is 16.1 Å². The van der Waals surface area contributed by atoms with Gasteiger partial charge in [0.2, 0.25) is 0 Å². The van der Waals surface area contributed by atoms with Gasteiger partial charge in [-0.05, 0) is 58.4 Å². The molecule has 24 heavy (non-hydrogen) atoms. The van der Waals surface area contributed by atoms with Crippen molar-refractivity contribution in [1.82, 2.24) is 14.8 Å². The minimum Gasteiger partial charge on any atom is -0.380 e. The molecule has 2 saturated heterocycles. The van der Waals surface area contributed by atoms with Crippen LogP contribution in [0.5, 0.6) is 0 Å². The van der Waals surface area contributed by atoms with Gasteiger partial charge < -0.3 is 4.74 Å². The Bertz CT molecular complexity index is 549. The fourth-order valence-electron chi connectivity index (χ4n) is 4.45. The van der Waals surface area contributed by atoms with Gasteiger partial charge in [0.1, 0.15) is 0 Å². The Morgan fingerprint density at radius 2 is 2.00 bits per heavy atom. The number of ether oxygens (including phenoxy) is 1. The largest absolute Gasteiger partial charge is 0.380 e. The van der Waals surface area contributed by atoms with Crippen molar-refractivity contribution in [2.45, 2.75) is 63.6 Å². The fourth-order valence-corrected chi connectivity index (χ4v) is 5.27. The SMILES string of the molecule is Cc1ncsc1CN1CCC2(CC[C@H](COCC3CC3)N2C)CC1. The number of rotatable bonds is 6. The summed E-state index contributed by atoms with van der Waals surface area (Å²) in [5, 5.41) is 0. The van der Waals surface area contributed by atoms with Crippen molar-refractivity contribution in [1.29, 1.82) is 0 Å². The quantitative estimate of drug-likeness (QED) is 0.788. The zero-order chi connectivity index (χ0) is 16.6.